The highest BCUT2D eigenvalue weighted by atomic mass is 79.9. The number of aliphatic hydroxyl groups is 1. The topological polar surface area (TPSA) is 20.2 Å². The van der Waals surface area contributed by atoms with Gasteiger partial charge in [-0.05, 0) is 51.9 Å². The molecule has 1 aliphatic carbocycles. The van der Waals surface area contributed by atoms with Crippen LogP contribution in [0.3, 0.4) is 0 Å². The average molecular weight is 309 g/mol. The van der Waals surface area contributed by atoms with E-state index >= 15 is 0 Å². The van der Waals surface area contributed by atoms with Crippen molar-refractivity contribution in [2.75, 3.05) is 0 Å². The van der Waals surface area contributed by atoms with Crippen molar-refractivity contribution in [3.05, 3.63) is 56.2 Å². The average Bonchev–Trinajstić information content (AvgIpc) is 2.86. The number of thiophene rings is 1. The monoisotopic (exact) mass is 308 g/mol. The van der Waals surface area contributed by atoms with Gasteiger partial charge in [-0.1, -0.05) is 24.3 Å². The van der Waals surface area contributed by atoms with Crippen LogP contribution in [0.25, 0.3) is 0 Å². The third kappa shape index (κ3) is 2.19. The largest absolute Gasteiger partial charge is 0.388 e. The normalized spacial score (nSPS) is 22.7. The van der Waals surface area contributed by atoms with Crippen molar-refractivity contribution in [2.24, 2.45) is 5.92 Å². The predicted molar refractivity (Wildman–Crippen MR) is 74.3 cm³/mol. The number of rotatable bonds is 2. The Hall–Kier alpha value is -0.640. The zero-order chi connectivity index (χ0) is 11.8. The van der Waals surface area contributed by atoms with E-state index in [9.17, 15) is 5.11 Å². The van der Waals surface area contributed by atoms with Gasteiger partial charge in [0.1, 0.15) is 0 Å². The number of hydrogen-bond donors (Lipinski definition) is 1. The molecule has 0 spiro atoms. The van der Waals surface area contributed by atoms with E-state index in [2.05, 4.69) is 39.5 Å². The molecular formula is C14H13BrOS. The highest BCUT2D eigenvalue weighted by Crippen LogP contribution is 2.38. The summed E-state index contributed by atoms with van der Waals surface area (Å²) >= 11 is 5.23. The summed E-state index contributed by atoms with van der Waals surface area (Å²) < 4.78 is 1.14. The van der Waals surface area contributed by atoms with Crippen LogP contribution in [-0.4, -0.2) is 5.11 Å². The lowest BCUT2D eigenvalue weighted by molar-refractivity contribution is 0.124. The molecule has 3 heteroatoms. The van der Waals surface area contributed by atoms with E-state index in [-0.39, 0.29) is 6.10 Å². The van der Waals surface area contributed by atoms with Crippen molar-refractivity contribution >= 4 is 27.3 Å². The van der Waals surface area contributed by atoms with Gasteiger partial charge in [0, 0.05) is 14.7 Å². The predicted octanol–water partition coefficient (Wildman–Crippen LogP) is 3.96. The van der Waals surface area contributed by atoms with Crippen LogP contribution in [0.15, 0.2) is 40.2 Å². The van der Waals surface area contributed by atoms with Crippen LogP contribution in [0.2, 0.25) is 0 Å². The van der Waals surface area contributed by atoms with Crippen LogP contribution in [-0.2, 0) is 12.8 Å². The molecule has 1 heterocycles. The quantitative estimate of drug-likeness (QED) is 0.890. The van der Waals surface area contributed by atoms with Crippen molar-refractivity contribution in [3.8, 4) is 0 Å². The number of aliphatic hydroxyl groups excluding tert-OH is 1. The second-order valence-corrected chi connectivity index (χ2v) is 6.45. The molecule has 3 rings (SSSR count). The fraction of sp³-hybridized carbons (Fsp3) is 0.286. The minimum Gasteiger partial charge on any atom is -0.388 e. The molecule has 0 bridgehead atoms. The smallest absolute Gasteiger partial charge is 0.0827 e. The molecule has 0 aliphatic heterocycles. The molecule has 1 nitrogen and oxygen atoms in total. The van der Waals surface area contributed by atoms with Crippen molar-refractivity contribution in [1.82, 2.24) is 0 Å². The Bertz CT molecular complexity index is 535. The van der Waals surface area contributed by atoms with Crippen LogP contribution < -0.4 is 0 Å². The molecule has 2 aromatic rings. The van der Waals surface area contributed by atoms with Crippen molar-refractivity contribution in [3.63, 3.8) is 0 Å². The zero-order valence-corrected chi connectivity index (χ0v) is 11.7. The first-order chi connectivity index (χ1) is 8.24. The molecule has 2 atom stereocenters. The molecule has 88 valence electrons. The van der Waals surface area contributed by atoms with Crippen molar-refractivity contribution in [2.45, 2.75) is 18.9 Å². The summed E-state index contributed by atoms with van der Waals surface area (Å²) in [6, 6.07) is 10.4. The second kappa shape index (κ2) is 4.56. The van der Waals surface area contributed by atoms with Crippen LogP contribution in [0, 0.1) is 5.92 Å². The molecule has 0 saturated heterocycles. The third-order valence-electron chi connectivity index (χ3n) is 3.39. The van der Waals surface area contributed by atoms with E-state index in [1.165, 1.54) is 10.4 Å². The molecule has 0 amide bonds. The molecule has 0 radical (unpaired) electrons. The Labute approximate surface area is 113 Å². The van der Waals surface area contributed by atoms with E-state index in [4.69, 9.17) is 0 Å². The van der Waals surface area contributed by atoms with Gasteiger partial charge in [0.05, 0.1) is 6.10 Å². The summed E-state index contributed by atoms with van der Waals surface area (Å²) in [4.78, 5) is 1.34. The van der Waals surface area contributed by atoms with Gasteiger partial charge in [-0.15, -0.1) is 11.3 Å². The van der Waals surface area contributed by atoms with Gasteiger partial charge < -0.3 is 5.11 Å². The van der Waals surface area contributed by atoms with E-state index < -0.39 is 0 Å². The highest BCUT2D eigenvalue weighted by molar-refractivity contribution is 9.10. The molecule has 0 fully saturated rings. The van der Waals surface area contributed by atoms with Crippen molar-refractivity contribution in [1.29, 1.82) is 0 Å². The fourth-order valence-electron chi connectivity index (χ4n) is 2.56. The van der Waals surface area contributed by atoms with Gasteiger partial charge in [-0.3, -0.25) is 0 Å². The maximum Gasteiger partial charge on any atom is 0.0827 e. The van der Waals surface area contributed by atoms with Gasteiger partial charge >= 0.3 is 0 Å². The van der Waals surface area contributed by atoms with Crippen LogP contribution >= 0.6 is 27.3 Å². The van der Waals surface area contributed by atoms with Gasteiger partial charge in [-0.25, -0.2) is 0 Å². The van der Waals surface area contributed by atoms with E-state index in [0.717, 1.165) is 22.9 Å². The lowest BCUT2D eigenvalue weighted by Gasteiger charge is -2.13. The number of fused-ring (bicyclic) bond motifs is 1. The van der Waals surface area contributed by atoms with Gasteiger partial charge in [0.15, 0.2) is 0 Å². The number of benzene rings is 1. The molecule has 2 unspecified atom stereocenters. The maximum atomic E-state index is 10.3. The second-order valence-electron chi connectivity index (χ2n) is 4.54. The first-order valence-electron chi connectivity index (χ1n) is 5.73. The molecule has 0 saturated carbocycles. The lowest BCUT2D eigenvalue weighted by Crippen LogP contribution is -2.09. The molecule has 1 aromatic carbocycles. The Morgan fingerprint density at radius 1 is 1.35 bits per heavy atom. The molecule has 1 N–H and O–H groups in total. The first kappa shape index (κ1) is 11.5. The van der Waals surface area contributed by atoms with Gasteiger partial charge in [-0.2, -0.15) is 0 Å². The van der Waals surface area contributed by atoms with Crippen LogP contribution in [0.1, 0.15) is 22.1 Å². The lowest BCUT2D eigenvalue weighted by atomic mass is 9.99. The van der Waals surface area contributed by atoms with Crippen molar-refractivity contribution < 1.29 is 5.11 Å². The highest BCUT2D eigenvalue weighted by Gasteiger charge is 2.30. The fourth-order valence-corrected chi connectivity index (χ4v) is 4.11. The summed E-state index contributed by atoms with van der Waals surface area (Å²) in [6.07, 6.45) is 1.66. The van der Waals surface area contributed by atoms with Crippen LogP contribution in [0.5, 0.6) is 0 Å². The van der Waals surface area contributed by atoms with Crippen LogP contribution in [0.4, 0.5) is 0 Å². The molecule has 1 aromatic heterocycles. The third-order valence-corrected chi connectivity index (χ3v) is 5.11. The standard InChI is InChI=1S/C14H13BrOS/c15-11-7-12(17-8-11)6-10-5-9-3-1-2-4-13(9)14(10)16/h1-4,7-8,10,14,16H,5-6H2. The van der Waals surface area contributed by atoms with Gasteiger partial charge in [0.2, 0.25) is 0 Å². The molecule has 17 heavy (non-hydrogen) atoms. The summed E-state index contributed by atoms with van der Waals surface area (Å²) in [5.41, 5.74) is 2.42. The summed E-state index contributed by atoms with van der Waals surface area (Å²) in [5, 5.41) is 12.4. The summed E-state index contributed by atoms with van der Waals surface area (Å²) in [6.45, 7) is 0. The molecule has 1 aliphatic rings. The minimum atomic E-state index is -0.299. The zero-order valence-electron chi connectivity index (χ0n) is 9.27. The maximum absolute atomic E-state index is 10.3. The van der Waals surface area contributed by atoms with E-state index in [1.807, 2.05) is 12.1 Å². The Kier molecular flexibility index (Phi) is 3.07. The summed E-state index contributed by atoms with van der Waals surface area (Å²) in [7, 11) is 0. The Morgan fingerprint density at radius 3 is 2.88 bits per heavy atom. The van der Waals surface area contributed by atoms with E-state index in [1.54, 1.807) is 11.3 Å². The Balaban J connectivity index is 1.80. The van der Waals surface area contributed by atoms with E-state index in [0.29, 0.717) is 5.92 Å². The summed E-state index contributed by atoms with van der Waals surface area (Å²) in [5.74, 6) is 0.331. The first-order valence-corrected chi connectivity index (χ1v) is 7.40. The SMILES string of the molecule is OC1c2ccccc2CC1Cc1cc(Br)cs1. The minimum absolute atomic E-state index is 0.299. The number of hydrogen-bond acceptors (Lipinski definition) is 2. The number of halogens is 1. The molecular weight excluding hydrogens is 296 g/mol. The van der Waals surface area contributed by atoms with Gasteiger partial charge in [0.25, 0.3) is 0 Å². The Morgan fingerprint density at radius 2 is 2.18 bits per heavy atom.